The first-order chi connectivity index (χ1) is 12.2. The second-order valence-corrected chi connectivity index (χ2v) is 5.68. The zero-order chi connectivity index (χ0) is 17.4. The van der Waals surface area contributed by atoms with Crippen LogP contribution in [-0.2, 0) is 0 Å². The molecule has 2 aromatic carbocycles. The second-order valence-electron chi connectivity index (χ2n) is 5.25. The number of halogens is 1. The first-order valence-electron chi connectivity index (χ1n) is 7.36. The van der Waals surface area contributed by atoms with Gasteiger partial charge in [0.2, 0.25) is 5.89 Å². The second kappa shape index (κ2) is 6.07. The molecule has 0 atom stereocenters. The number of para-hydroxylation sites is 1. The fourth-order valence-corrected chi connectivity index (χ4v) is 2.59. The monoisotopic (exact) mass is 354 g/mol. The predicted molar refractivity (Wildman–Crippen MR) is 92.8 cm³/mol. The number of hydrogen-bond acceptors (Lipinski definition) is 6. The van der Waals surface area contributed by atoms with Gasteiger partial charge in [-0.05, 0) is 36.4 Å². The Morgan fingerprint density at radius 1 is 1.00 bits per heavy atom. The summed E-state index contributed by atoms with van der Waals surface area (Å²) in [5.41, 5.74) is 0.683. The van der Waals surface area contributed by atoms with Crippen molar-refractivity contribution in [2.75, 3.05) is 7.11 Å². The molecule has 6 nitrogen and oxygen atoms in total. The van der Waals surface area contributed by atoms with Crippen LogP contribution in [0.2, 0.25) is 5.02 Å². The molecule has 0 amide bonds. The van der Waals surface area contributed by atoms with E-state index in [2.05, 4.69) is 10.2 Å². The van der Waals surface area contributed by atoms with Gasteiger partial charge in [-0.15, -0.1) is 10.2 Å². The number of rotatable bonds is 3. The molecule has 25 heavy (non-hydrogen) atoms. The van der Waals surface area contributed by atoms with Crippen LogP contribution in [0.1, 0.15) is 0 Å². The van der Waals surface area contributed by atoms with Crippen LogP contribution in [0, 0.1) is 0 Å². The van der Waals surface area contributed by atoms with Crippen molar-refractivity contribution >= 4 is 22.6 Å². The molecule has 0 fully saturated rings. The van der Waals surface area contributed by atoms with Crippen molar-refractivity contribution in [3.8, 4) is 28.7 Å². The van der Waals surface area contributed by atoms with Crippen molar-refractivity contribution in [3.05, 3.63) is 64.0 Å². The third kappa shape index (κ3) is 2.77. The van der Waals surface area contributed by atoms with Gasteiger partial charge >= 0.3 is 5.63 Å². The van der Waals surface area contributed by atoms with Crippen molar-refractivity contribution in [2.45, 2.75) is 0 Å². The molecule has 0 N–H and O–H groups in total. The average Bonchev–Trinajstić information content (AvgIpc) is 3.11. The van der Waals surface area contributed by atoms with E-state index in [1.165, 1.54) is 7.11 Å². The highest BCUT2D eigenvalue weighted by atomic mass is 35.5. The van der Waals surface area contributed by atoms with Gasteiger partial charge in [0.1, 0.15) is 5.56 Å². The summed E-state index contributed by atoms with van der Waals surface area (Å²) in [6.07, 6.45) is 0. The molecule has 0 saturated heterocycles. The zero-order valence-corrected chi connectivity index (χ0v) is 13.8. The molecular formula is C18H11ClN2O4. The van der Waals surface area contributed by atoms with Crippen molar-refractivity contribution in [1.82, 2.24) is 10.2 Å². The molecule has 4 aromatic rings. The van der Waals surface area contributed by atoms with E-state index in [4.69, 9.17) is 25.2 Å². The summed E-state index contributed by atoms with van der Waals surface area (Å²) < 4.78 is 16.2. The molecule has 0 aliphatic rings. The number of ether oxygens (including phenoxy) is 1. The molecule has 0 unspecified atom stereocenters. The minimum atomic E-state index is -0.580. The van der Waals surface area contributed by atoms with Gasteiger partial charge in [-0.25, -0.2) is 4.79 Å². The molecule has 2 aromatic heterocycles. The molecule has 0 spiro atoms. The Bertz CT molecular complexity index is 1120. The Morgan fingerprint density at radius 2 is 1.76 bits per heavy atom. The topological polar surface area (TPSA) is 78.4 Å². The quantitative estimate of drug-likeness (QED) is 0.514. The van der Waals surface area contributed by atoms with Gasteiger partial charge in [0.25, 0.3) is 5.89 Å². The Morgan fingerprint density at radius 3 is 2.52 bits per heavy atom. The summed E-state index contributed by atoms with van der Waals surface area (Å²) in [5.74, 6) is 0.855. The highest BCUT2D eigenvalue weighted by molar-refractivity contribution is 6.30. The van der Waals surface area contributed by atoms with Gasteiger partial charge in [-0.1, -0.05) is 23.7 Å². The minimum absolute atomic E-state index is 0.0865. The van der Waals surface area contributed by atoms with Crippen LogP contribution in [0.3, 0.4) is 0 Å². The Balaban J connectivity index is 1.81. The van der Waals surface area contributed by atoms with Crippen molar-refractivity contribution in [2.24, 2.45) is 0 Å². The number of benzene rings is 2. The van der Waals surface area contributed by atoms with Crippen LogP contribution >= 0.6 is 11.6 Å². The van der Waals surface area contributed by atoms with E-state index in [0.29, 0.717) is 27.3 Å². The summed E-state index contributed by atoms with van der Waals surface area (Å²) in [7, 11) is 1.51. The SMILES string of the molecule is COc1cccc2cc(-c3nnc(-c4ccc(Cl)cc4)o3)c(=O)oc12. The maximum atomic E-state index is 12.3. The van der Waals surface area contributed by atoms with Crippen molar-refractivity contribution in [1.29, 1.82) is 0 Å². The Labute approximate surface area is 146 Å². The number of nitrogens with zero attached hydrogens (tertiary/aromatic N) is 2. The van der Waals surface area contributed by atoms with Crippen LogP contribution in [-0.4, -0.2) is 17.3 Å². The molecule has 0 aliphatic heterocycles. The van der Waals surface area contributed by atoms with E-state index in [0.717, 1.165) is 0 Å². The van der Waals surface area contributed by atoms with E-state index in [9.17, 15) is 4.79 Å². The molecule has 0 saturated carbocycles. The first-order valence-corrected chi connectivity index (χ1v) is 7.74. The molecule has 0 aliphatic carbocycles. The molecule has 0 bridgehead atoms. The highest BCUT2D eigenvalue weighted by Crippen LogP contribution is 2.28. The van der Waals surface area contributed by atoms with Gasteiger partial charge in [-0.2, -0.15) is 0 Å². The van der Waals surface area contributed by atoms with Gasteiger partial charge in [-0.3, -0.25) is 0 Å². The highest BCUT2D eigenvalue weighted by Gasteiger charge is 2.17. The molecule has 2 heterocycles. The average molecular weight is 355 g/mol. The third-order valence-corrected chi connectivity index (χ3v) is 3.94. The molecule has 4 rings (SSSR count). The van der Waals surface area contributed by atoms with Crippen LogP contribution in [0.4, 0.5) is 0 Å². The summed E-state index contributed by atoms with van der Waals surface area (Å²) in [6, 6.07) is 13.9. The molecule has 124 valence electrons. The standard InChI is InChI=1S/C18H11ClN2O4/c1-23-14-4-2-3-11-9-13(18(22)24-15(11)14)17-21-20-16(25-17)10-5-7-12(19)8-6-10/h2-9H,1H3. The predicted octanol–water partition coefficient (Wildman–Crippen LogP) is 4.17. The van der Waals surface area contributed by atoms with Gasteiger partial charge in [0.05, 0.1) is 7.11 Å². The number of fused-ring (bicyclic) bond motifs is 1. The third-order valence-electron chi connectivity index (χ3n) is 3.69. The van der Waals surface area contributed by atoms with Crippen LogP contribution in [0.25, 0.3) is 33.9 Å². The van der Waals surface area contributed by atoms with Gasteiger partial charge in [0.15, 0.2) is 11.3 Å². The normalized spacial score (nSPS) is 11.0. The molecule has 7 heteroatoms. The molecule has 0 radical (unpaired) electrons. The van der Waals surface area contributed by atoms with Crippen LogP contribution in [0.5, 0.6) is 5.75 Å². The number of methoxy groups -OCH3 is 1. The molecular weight excluding hydrogens is 344 g/mol. The first kappa shape index (κ1) is 15.4. The zero-order valence-electron chi connectivity index (χ0n) is 13.0. The summed E-state index contributed by atoms with van der Waals surface area (Å²) >= 11 is 5.87. The van der Waals surface area contributed by atoms with Crippen LogP contribution < -0.4 is 10.4 Å². The van der Waals surface area contributed by atoms with Crippen LogP contribution in [0.15, 0.2) is 62.2 Å². The van der Waals surface area contributed by atoms with Gasteiger partial charge in [0, 0.05) is 16.0 Å². The lowest BCUT2D eigenvalue weighted by atomic mass is 10.2. The smallest absolute Gasteiger partial charge is 0.349 e. The van der Waals surface area contributed by atoms with E-state index in [1.807, 2.05) is 0 Å². The summed E-state index contributed by atoms with van der Waals surface area (Å²) in [5, 5.41) is 9.24. The van der Waals surface area contributed by atoms with E-state index < -0.39 is 5.63 Å². The lowest BCUT2D eigenvalue weighted by Gasteiger charge is -2.03. The van der Waals surface area contributed by atoms with Crippen molar-refractivity contribution < 1.29 is 13.6 Å². The van der Waals surface area contributed by atoms with E-state index in [1.54, 1.807) is 48.5 Å². The maximum absolute atomic E-state index is 12.3. The Hall–Kier alpha value is -3.12. The summed E-state index contributed by atoms with van der Waals surface area (Å²) in [6.45, 7) is 0. The number of aromatic nitrogens is 2. The lowest BCUT2D eigenvalue weighted by Crippen LogP contribution is -2.03. The van der Waals surface area contributed by atoms with E-state index in [-0.39, 0.29) is 17.3 Å². The van der Waals surface area contributed by atoms with Crippen molar-refractivity contribution in [3.63, 3.8) is 0 Å². The lowest BCUT2D eigenvalue weighted by molar-refractivity contribution is 0.406. The fourth-order valence-electron chi connectivity index (χ4n) is 2.47. The summed E-state index contributed by atoms with van der Waals surface area (Å²) in [4.78, 5) is 12.3. The largest absolute Gasteiger partial charge is 0.493 e. The van der Waals surface area contributed by atoms with E-state index >= 15 is 0 Å². The number of hydrogen-bond donors (Lipinski definition) is 0. The fraction of sp³-hybridized carbons (Fsp3) is 0.0556. The maximum Gasteiger partial charge on any atom is 0.349 e. The Kier molecular flexibility index (Phi) is 3.74. The van der Waals surface area contributed by atoms with Gasteiger partial charge < -0.3 is 13.6 Å². The minimum Gasteiger partial charge on any atom is -0.493 e.